The van der Waals surface area contributed by atoms with Crippen LogP contribution in [-0.4, -0.2) is 12.6 Å². The predicted octanol–water partition coefficient (Wildman–Crippen LogP) is 7.67. The van der Waals surface area contributed by atoms with Gasteiger partial charge in [-0.1, -0.05) is 159 Å². The molecule has 1 aliphatic heterocycles. The summed E-state index contributed by atoms with van der Waals surface area (Å²) in [4.78, 5) is 0. The number of allylic oxidation sites excluding steroid dienone is 5. The maximum Gasteiger partial charge on any atom is 0.0726 e. The van der Waals surface area contributed by atoms with E-state index in [4.69, 9.17) is 10.1 Å². The summed E-state index contributed by atoms with van der Waals surface area (Å²) in [5.74, 6) is 1.24. The van der Waals surface area contributed by atoms with Gasteiger partial charge in [0.1, 0.15) is 0 Å². The molecule has 2 aliphatic rings. The van der Waals surface area contributed by atoms with E-state index in [9.17, 15) is 0 Å². The van der Waals surface area contributed by atoms with Crippen LogP contribution < -0.4 is 21.2 Å². The molecule has 1 atom stereocenters. The van der Waals surface area contributed by atoms with Gasteiger partial charge in [-0.15, -0.1) is 0 Å². The van der Waals surface area contributed by atoms with E-state index in [0.717, 1.165) is 5.88 Å². The van der Waals surface area contributed by atoms with Crippen molar-refractivity contribution >= 4 is 37.1 Å². The summed E-state index contributed by atoms with van der Waals surface area (Å²) in [5, 5.41) is 13.2. The summed E-state index contributed by atoms with van der Waals surface area (Å²) in [6.45, 7) is 5.10. The zero-order valence-corrected chi connectivity index (χ0v) is 24.1. The van der Waals surface area contributed by atoms with Crippen molar-refractivity contribution in [1.29, 1.82) is 0 Å². The lowest BCUT2D eigenvalue weighted by atomic mass is 10.1. The van der Waals surface area contributed by atoms with E-state index in [2.05, 4.69) is 147 Å². The molecule has 0 N–H and O–H groups in total. The topological polar surface area (TPSA) is 23.3 Å². The standard InChI is InChI=1S/C35H32NOP2/c1-26(2)31-25-37-35(36-31)34-32(38(27-15-7-3-8-16-27)28-17-9-4-10-18-28)23-24-33(34)39(29-19-11-5-12-20-29)30-21-13-6-14-22-30/h3-24,26,31H,25H2,1-2H3/q-1/t31-/m1/s1. The molecule has 0 saturated carbocycles. The van der Waals surface area contributed by atoms with E-state index in [1.807, 2.05) is 0 Å². The average molecular weight is 545 g/mol. The summed E-state index contributed by atoms with van der Waals surface area (Å²) in [6.07, 6.45) is 4.71. The fourth-order valence-corrected chi connectivity index (χ4v) is 10.1. The van der Waals surface area contributed by atoms with Crippen LogP contribution in [0.5, 0.6) is 0 Å². The summed E-state index contributed by atoms with van der Waals surface area (Å²) >= 11 is 0. The molecule has 4 aromatic rings. The predicted molar refractivity (Wildman–Crippen MR) is 169 cm³/mol. The number of hydrogen-bond donors (Lipinski definition) is 0. The largest absolute Gasteiger partial charge is 0.648 e. The van der Waals surface area contributed by atoms with Gasteiger partial charge in [-0.25, -0.2) is 0 Å². The number of nitrogens with zero attached hydrogens (tertiary/aromatic N) is 1. The minimum absolute atomic E-state index is 0.176. The van der Waals surface area contributed by atoms with E-state index < -0.39 is 15.8 Å². The Morgan fingerprint density at radius 3 is 1.26 bits per heavy atom. The Hall–Kier alpha value is -3.44. The van der Waals surface area contributed by atoms with Gasteiger partial charge < -0.3 is 10.1 Å². The van der Waals surface area contributed by atoms with Crippen molar-refractivity contribution < 1.29 is 4.74 Å². The van der Waals surface area contributed by atoms with Gasteiger partial charge >= 0.3 is 0 Å². The number of rotatable bonds is 7. The van der Waals surface area contributed by atoms with Crippen molar-refractivity contribution in [1.82, 2.24) is 0 Å². The fraction of sp³-hybridized carbons (Fsp3) is 0.143. The zero-order valence-electron chi connectivity index (χ0n) is 22.3. The second-order valence-electron chi connectivity index (χ2n) is 10.0. The Bertz CT molecular complexity index is 1320. The molecule has 194 valence electrons. The van der Waals surface area contributed by atoms with Crippen LogP contribution in [0.2, 0.25) is 0 Å². The molecule has 2 nitrogen and oxygen atoms in total. The molecule has 1 saturated heterocycles. The molecule has 0 aromatic heterocycles. The zero-order chi connectivity index (χ0) is 26.6. The van der Waals surface area contributed by atoms with Gasteiger partial charge in [-0.05, 0) is 47.7 Å². The number of hydrogen-bond acceptors (Lipinski definition) is 1. The highest BCUT2D eigenvalue weighted by Crippen LogP contribution is 2.60. The molecule has 0 spiro atoms. The van der Waals surface area contributed by atoms with E-state index >= 15 is 0 Å². The first-order valence-corrected chi connectivity index (χ1v) is 16.2. The van der Waals surface area contributed by atoms with Gasteiger partial charge in [0.25, 0.3) is 0 Å². The highest BCUT2D eigenvalue weighted by molar-refractivity contribution is 7.78. The summed E-state index contributed by atoms with van der Waals surface area (Å²) in [5.41, 5.74) is 1.19. The molecule has 6 rings (SSSR count). The molecule has 0 bridgehead atoms. The summed E-state index contributed by atoms with van der Waals surface area (Å²) < 4.78 is 6.47. The molecule has 0 radical (unpaired) electrons. The van der Waals surface area contributed by atoms with Crippen LogP contribution in [0.3, 0.4) is 0 Å². The molecule has 1 aliphatic carbocycles. The maximum atomic E-state index is 6.47. The molecule has 1 heterocycles. The van der Waals surface area contributed by atoms with Crippen molar-refractivity contribution in [2.45, 2.75) is 19.9 Å². The van der Waals surface area contributed by atoms with Crippen molar-refractivity contribution in [2.75, 3.05) is 6.61 Å². The molecule has 0 unspecified atom stereocenters. The Kier molecular flexibility index (Phi) is 7.78. The monoisotopic (exact) mass is 544 g/mol. The first kappa shape index (κ1) is 25.8. The molecule has 39 heavy (non-hydrogen) atoms. The van der Waals surface area contributed by atoms with Crippen molar-refractivity contribution in [3.8, 4) is 0 Å². The third-order valence-electron chi connectivity index (χ3n) is 7.11. The maximum absolute atomic E-state index is 6.47. The Morgan fingerprint density at radius 2 is 0.949 bits per heavy atom. The summed E-state index contributed by atoms with van der Waals surface area (Å²) in [7, 11) is -1.61. The minimum Gasteiger partial charge on any atom is -0.648 e. The van der Waals surface area contributed by atoms with Crippen LogP contribution in [0, 0.1) is 5.92 Å². The molecular formula is C35H32NOP2-. The van der Waals surface area contributed by atoms with Gasteiger partial charge in [-0.3, -0.25) is 0 Å². The van der Waals surface area contributed by atoms with Gasteiger partial charge in [0, 0.05) is 11.5 Å². The number of benzene rings is 4. The minimum atomic E-state index is -0.805. The quantitative estimate of drug-likeness (QED) is 0.219. The lowest BCUT2D eigenvalue weighted by Gasteiger charge is -2.31. The van der Waals surface area contributed by atoms with Crippen molar-refractivity contribution in [3.05, 3.63) is 161 Å². The highest BCUT2D eigenvalue weighted by atomic mass is 31.1. The van der Waals surface area contributed by atoms with Crippen LogP contribution >= 0.6 is 15.8 Å². The molecule has 4 heteroatoms. The van der Waals surface area contributed by atoms with E-state index in [-0.39, 0.29) is 6.04 Å². The lowest BCUT2D eigenvalue weighted by molar-refractivity contribution is 0.243. The van der Waals surface area contributed by atoms with Crippen LogP contribution in [-0.2, 0) is 4.74 Å². The SMILES string of the molecule is CC(C)[C@H]1COC(=C2C(P(c3ccccc3)c3ccccc3)=CC=C2P(c2ccccc2)c2ccccc2)[N-]1. The van der Waals surface area contributed by atoms with Crippen LogP contribution in [0.4, 0.5) is 0 Å². The highest BCUT2D eigenvalue weighted by Gasteiger charge is 2.33. The Balaban J connectivity index is 1.53. The second-order valence-corrected chi connectivity index (χ2v) is 14.4. The van der Waals surface area contributed by atoms with Crippen LogP contribution in [0.15, 0.2) is 156 Å². The van der Waals surface area contributed by atoms with E-state index in [0.29, 0.717) is 12.5 Å². The normalized spacial score (nSPS) is 16.9. The Morgan fingerprint density at radius 1 is 0.590 bits per heavy atom. The van der Waals surface area contributed by atoms with Gasteiger partial charge in [0.15, 0.2) is 0 Å². The van der Waals surface area contributed by atoms with Crippen molar-refractivity contribution in [3.63, 3.8) is 0 Å². The van der Waals surface area contributed by atoms with E-state index in [1.54, 1.807) is 0 Å². The van der Waals surface area contributed by atoms with Crippen LogP contribution in [0.25, 0.3) is 5.32 Å². The fourth-order valence-electron chi connectivity index (χ4n) is 5.08. The smallest absolute Gasteiger partial charge is 0.0726 e. The van der Waals surface area contributed by atoms with E-state index in [1.165, 1.54) is 37.4 Å². The molecular weight excluding hydrogens is 512 g/mol. The Labute approximate surface area is 234 Å². The molecule has 1 fully saturated rings. The van der Waals surface area contributed by atoms with Crippen LogP contribution in [0.1, 0.15) is 13.8 Å². The lowest BCUT2D eigenvalue weighted by Crippen LogP contribution is -2.16. The third kappa shape index (κ3) is 5.38. The van der Waals surface area contributed by atoms with Gasteiger partial charge in [0.2, 0.25) is 0 Å². The first-order chi connectivity index (χ1) is 19.2. The number of ether oxygens (including phenoxy) is 1. The third-order valence-corrected chi connectivity index (χ3v) is 12.1. The first-order valence-electron chi connectivity index (χ1n) is 13.5. The summed E-state index contributed by atoms with van der Waals surface area (Å²) in [6, 6.07) is 43.9. The molecule has 4 aromatic carbocycles. The molecule has 0 amide bonds. The second kappa shape index (κ2) is 11.7. The van der Waals surface area contributed by atoms with Gasteiger partial charge in [0.05, 0.1) is 6.61 Å². The average Bonchev–Trinajstić information content (AvgIpc) is 3.64. The van der Waals surface area contributed by atoms with Gasteiger partial charge in [-0.2, -0.15) is 0 Å². The van der Waals surface area contributed by atoms with Crippen molar-refractivity contribution in [2.24, 2.45) is 5.92 Å².